The molecule has 3 unspecified atom stereocenters. The topological polar surface area (TPSA) is 157 Å². The number of aromatic nitrogens is 2. The summed E-state index contributed by atoms with van der Waals surface area (Å²) in [6, 6.07) is 0. The first-order valence-corrected chi connectivity index (χ1v) is 20.5. The van der Waals surface area contributed by atoms with Crippen LogP contribution in [-0.2, 0) is 24.2 Å². The Morgan fingerprint density at radius 2 is 1.67 bits per heavy atom. The monoisotopic (exact) mass is 736 g/mol. The van der Waals surface area contributed by atoms with E-state index < -0.39 is 16.6 Å². The van der Waals surface area contributed by atoms with Crippen molar-refractivity contribution in [2.45, 2.75) is 78.4 Å². The minimum absolute atomic E-state index is 0.0180. The molecule has 1 aromatic heterocycles. The Bertz CT molecular complexity index is 1840. The average molecular weight is 737 g/mol. The summed E-state index contributed by atoms with van der Waals surface area (Å²) in [6.07, 6.45) is 14.3. The molecule has 3 aliphatic heterocycles. The van der Waals surface area contributed by atoms with E-state index in [0.29, 0.717) is 36.0 Å². The number of Topliss-reactive ketones (excluding diaryl/α,β-unsaturated/α-hetero) is 1. The van der Waals surface area contributed by atoms with Crippen LogP contribution in [0, 0.1) is 34.5 Å². The molecule has 1 aromatic rings. The molecular weight excluding hydrogens is 685 g/mol. The molecule has 2 N–H and O–H groups in total. The Labute approximate surface area is 306 Å². The van der Waals surface area contributed by atoms with Crippen LogP contribution < -0.4 is 14.7 Å². The van der Waals surface area contributed by atoms with Crippen molar-refractivity contribution in [1.82, 2.24) is 14.9 Å². The normalized spacial score (nSPS) is 35.0. The zero-order valence-electron chi connectivity index (χ0n) is 30.5. The molecule has 282 valence electrons. The van der Waals surface area contributed by atoms with Gasteiger partial charge in [0.1, 0.15) is 0 Å². The standard InChI is InChI=1S/C38H52N6O7S/c1-24-20-29-27-9-8-25-21-26(45)10-12-37(25,2)28(27)11-13-38(29,3)32(24)30(46)22-43-18-19-44(23-31(43)51-52(48,49)50)35-33(47)34(41-14-4-5-15-41)39-36(40-35)42-16-6-7-17-42/h10-12,21,24,27,29,31-32,47H,4-9,13-20,22-23H2,1-3H3,(H,48,49,50)/t24-,27?,29?,31?,32-,37+,38+/m1/s1. The number of piperazine rings is 1. The number of nitrogens with zero attached hydrogens (tertiary/aromatic N) is 6. The highest BCUT2D eigenvalue weighted by atomic mass is 32.3. The summed E-state index contributed by atoms with van der Waals surface area (Å²) in [5.74, 6) is 1.91. The third kappa shape index (κ3) is 6.16. The SMILES string of the molecule is C[C@@H]1CC2C3CCC4=CC(=O)C=C[C@]4(C)C3=CC[C@]2(C)[C@H]1C(=O)CN1CCN(c2nc(N3CCCC3)nc(N3CCCC3)c2O)CC1OS(=O)(=O)O. The molecule has 5 fully saturated rings. The lowest BCUT2D eigenvalue weighted by Crippen LogP contribution is -2.57. The highest BCUT2D eigenvalue weighted by Crippen LogP contribution is 2.65. The third-order valence-electron chi connectivity index (χ3n) is 13.6. The quantitative estimate of drug-likeness (QED) is 0.288. The van der Waals surface area contributed by atoms with Crippen LogP contribution in [0.1, 0.15) is 72.1 Å². The van der Waals surface area contributed by atoms with Crippen molar-refractivity contribution in [3.63, 3.8) is 0 Å². The van der Waals surface area contributed by atoms with Crippen LogP contribution in [0.25, 0.3) is 0 Å². The number of rotatable bonds is 8. The van der Waals surface area contributed by atoms with E-state index in [-0.39, 0.29) is 59.6 Å². The number of hydrogen-bond acceptors (Lipinski definition) is 12. The van der Waals surface area contributed by atoms with Gasteiger partial charge in [-0.2, -0.15) is 18.4 Å². The van der Waals surface area contributed by atoms with Crippen molar-refractivity contribution in [3.8, 4) is 5.75 Å². The van der Waals surface area contributed by atoms with Gasteiger partial charge in [-0.3, -0.25) is 19.0 Å². The van der Waals surface area contributed by atoms with Crippen LogP contribution in [-0.4, -0.2) is 103 Å². The Morgan fingerprint density at radius 1 is 1.00 bits per heavy atom. The van der Waals surface area contributed by atoms with Crippen LogP contribution >= 0.6 is 0 Å². The minimum atomic E-state index is -4.87. The summed E-state index contributed by atoms with van der Waals surface area (Å²) < 4.78 is 39.6. The molecule has 13 nitrogen and oxygen atoms in total. The van der Waals surface area contributed by atoms with Gasteiger partial charge in [0.15, 0.2) is 29.4 Å². The van der Waals surface area contributed by atoms with Crippen LogP contribution in [0.5, 0.6) is 5.75 Å². The first-order valence-electron chi connectivity index (χ1n) is 19.2. The van der Waals surface area contributed by atoms with Gasteiger partial charge < -0.3 is 19.8 Å². The van der Waals surface area contributed by atoms with Crippen LogP contribution in [0.2, 0.25) is 0 Å². The van der Waals surface area contributed by atoms with Gasteiger partial charge in [0.2, 0.25) is 11.7 Å². The molecule has 2 saturated carbocycles. The van der Waals surface area contributed by atoms with Crippen molar-refractivity contribution < 1.29 is 31.8 Å². The molecule has 7 atom stereocenters. The maximum atomic E-state index is 14.5. The zero-order chi connectivity index (χ0) is 36.6. The maximum absolute atomic E-state index is 14.5. The fraction of sp³-hybridized carbons (Fsp3) is 0.684. The van der Waals surface area contributed by atoms with Gasteiger partial charge in [-0.05, 0) is 93.6 Å². The van der Waals surface area contributed by atoms with Crippen molar-refractivity contribution in [2.75, 3.05) is 67.1 Å². The van der Waals surface area contributed by atoms with Gasteiger partial charge in [0, 0.05) is 50.6 Å². The number of anilines is 3. The molecular formula is C38H52N6O7S. The summed E-state index contributed by atoms with van der Waals surface area (Å²) in [4.78, 5) is 44.0. The van der Waals surface area contributed by atoms with Crippen LogP contribution in [0.3, 0.4) is 0 Å². The minimum Gasteiger partial charge on any atom is -0.502 e. The maximum Gasteiger partial charge on any atom is 0.398 e. The Balaban J connectivity index is 1.04. The third-order valence-corrected chi connectivity index (χ3v) is 14.1. The lowest BCUT2D eigenvalue weighted by Gasteiger charge is -2.52. The molecule has 3 saturated heterocycles. The molecule has 0 amide bonds. The molecule has 4 aliphatic carbocycles. The highest BCUT2D eigenvalue weighted by Gasteiger charge is 2.59. The lowest BCUT2D eigenvalue weighted by atomic mass is 9.52. The number of fused-ring (bicyclic) bond motifs is 5. The summed E-state index contributed by atoms with van der Waals surface area (Å²) >= 11 is 0. The van der Waals surface area contributed by atoms with Crippen molar-refractivity contribution >= 4 is 39.5 Å². The van der Waals surface area contributed by atoms with E-state index in [1.165, 1.54) is 11.1 Å². The molecule has 52 heavy (non-hydrogen) atoms. The number of carbonyl (C=O) groups excluding carboxylic acids is 2. The van der Waals surface area contributed by atoms with Crippen molar-refractivity contribution in [2.24, 2.45) is 34.5 Å². The van der Waals surface area contributed by atoms with Crippen molar-refractivity contribution in [1.29, 1.82) is 0 Å². The first-order chi connectivity index (χ1) is 24.7. The molecule has 7 aliphatic rings. The summed E-state index contributed by atoms with van der Waals surface area (Å²) in [5.41, 5.74) is 2.04. The van der Waals surface area contributed by atoms with E-state index >= 15 is 0 Å². The van der Waals surface area contributed by atoms with Gasteiger partial charge in [0.05, 0.1) is 13.1 Å². The van der Waals surface area contributed by atoms with E-state index in [0.717, 1.165) is 77.5 Å². The summed E-state index contributed by atoms with van der Waals surface area (Å²) in [7, 11) is -4.87. The predicted molar refractivity (Wildman–Crippen MR) is 196 cm³/mol. The molecule has 0 spiro atoms. The fourth-order valence-electron chi connectivity index (χ4n) is 11.1. The number of carbonyl (C=O) groups is 2. The second-order valence-electron chi connectivity index (χ2n) is 16.7. The number of aromatic hydroxyl groups is 1. The van der Waals surface area contributed by atoms with E-state index in [4.69, 9.17) is 14.2 Å². The Morgan fingerprint density at radius 3 is 2.37 bits per heavy atom. The molecule has 0 aromatic carbocycles. The van der Waals surface area contributed by atoms with E-state index in [2.05, 4.69) is 42.7 Å². The van der Waals surface area contributed by atoms with E-state index in [1.807, 2.05) is 6.08 Å². The molecule has 4 heterocycles. The molecule has 14 heteroatoms. The molecule has 8 rings (SSSR count). The fourth-order valence-corrected chi connectivity index (χ4v) is 11.6. The highest BCUT2D eigenvalue weighted by molar-refractivity contribution is 7.80. The molecule has 0 bridgehead atoms. The van der Waals surface area contributed by atoms with Gasteiger partial charge in [0.25, 0.3) is 0 Å². The number of allylic oxidation sites excluding steroid dienone is 6. The molecule has 0 radical (unpaired) electrons. The lowest BCUT2D eigenvalue weighted by molar-refractivity contribution is -0.132. The Hall–Kier alpha value is -3.33. The predicted octanol–water partition coefficient (Wildman–Crippen LogP) is 4.31. The van der Waals surface area contributed by atoms with Gasteiger partial charge >= 0.3 is 10.4 Å². The summed E-state index contributed by atoms with van der Waals surface area (Å²) in [5, 5.41) is 11.6. The average Bonchev–Trinajstić information content (AvgIpc) is 3.87. The van der Waals surface area contributed by atoms with Crippen LogP contribution in [0.4, 0.5) is 17.6 Å². The van der Waals surface area contributed by atoms with Gasteiger partial charge in [-0.25, -0.2) is 4.18 Å². The second-order valence-corrected chi connectivity index (χ2v) is 17.7. The van der Waals surface area contributed by atoms with E-state index in [1.54, 1.807) is 15.9 Å². The zero-order valence-corrected chi connectivity index (χ0v) is 31.4. The van der Waals surface area contributed by atoms with Crippen LogP contribution in [0.15, 0.2) is 35.5 Å². The van der Waals surface area contributed by atoms with E-state index in [9.17, 15) is 27.7 Å². The smallest absolute Gasteiger partial charge is 0.398 e. The largest absolute Gasteiger partial charge is 0.502 e. The van der Waals surface area contributed by atoms with Gasteiger partial charge in [-0.1, -0.05) is 37.1 Å². The first kappa shape index (κ1) is 35.7. The number of ketones is 2. The van der Waals surface area contributed by atoms with Crippen molar-refractivity contribution in [3.05, 3.63) is 35.5 Å². The summed E-state index contributed by atoms with van der Waals surface area (Å²) in [6.45, 7) is 10.4. The van der Waals surface area contributed by atoms with Gasteiger partial charge in [-0.15, -0.1) is 0 Å². The number of hydrogen-bond donors (Lipinski definition) is 2. The second kappa shape index (κ2) is 13.2. The Kier molecular flexibility index (Phi) is 9.06.